The number of carbonyl (C=O) groups excluding carboxylic acids is 3. The summed E-state index contributed by atoms with van der Waals surface area (Å²) in [5.41, 5.74) is 0.0520. The van der Waals surface area contributed by atoms with Gasteiger partial charge in [0.2, 0.25) is 0 Å². The molecule has 0 saturated carbocycles. The Bertz CT molecular complexity index is 857. The fraction of sp³-hybridized carbons (Fsp3) is 0.167. The Morgan fingerprint density at radius 1 is 1.12 bits per heavy atom. The van der Waals surface area contributed by atoms with Crippen LogP contribution in [0.25, 0.3) is 0 Å². The van der Waals surface area contributed by atoms with Crippen LogP contribution in [0.15, 0.2) is 42.5 Å². The zero-order valence-electron chi connectivity index (χ0n) is 13.6. The molecule has 2 aromatic carbocycles. The monoisotopic (exact) mass is 381 g/mol. The van der Waals surface area contributed by atoms with Crippen LogP contribution in [0.4, 0.5) is 8.78 Å². The third kappa shape index (κ3) is 4.86. The van der Waals surface area contributed by atoms with Gasteiger partial charge in [-0.3, -0.25) is 9.59 Å². The van der Waals surface area contributed by atoms with E-state index in [4.69, 9.17) is 16.3 Å². The first-order chi connectivity index (χ1) is 12.3. The molecule has 136 valence electrons. The van der Waals surface area contributed by atoms with Crippen molar-refractivity contribution in [2.24, 2.45) is 0 Å². The molecule has 5 nitrogen and oxygen atoms in total. The summed E-state index contributed by atoms with van der Waals surface area (Å²) in [5, 5.41) is 2.62. The van der Waals surface area contributed by atoms with Gasteiger partial charge in [-0.05, 0) is 37.3 Å². The van der Waals surface area contributed by atoms with Gasteiger partial charge in [-0.15, -0.1) is 0 Å². The Morgan fingerprint density at radius 2 is 1.81 bits per heavy atom. The molecule has 0 aromatic heterocycles. The van der Waals surface area contributed by atoms with Gasteiger partial charge < -0.3 is 10.1 Å². The number of hydrogen-bond donors (Lipinski definition) is 1. The van der Waals surface area contributed by atoms with Crippen LogP contribution in [-0.2, 0) is 9.53 Å². The second-order valence-electron chi connectivity index (χ2n) is 5.33. The van der Waals surface area contributed by atoms with Crippen molar-refractivity contribution >= 4 is 29.3 Å². The van der Waals surface area contributed by atoms with Crippen LogP contribution in [-0.4, -0.2) is 30.3 Å². The highest BCUT2D eigenvalue weighted by Crippen LogP contribution is 2.15. The van der Waals surface area contributed by atoms with E-state index in [2.05, 4.69) is 5.32 Å². The van der Waals surface area contributed by atoms with E-state index in [1.165, 1.54) is 19.1 Å². The van der Waals surface area contributed by atoms with Gasteiger partial charge in [0.25, 0.3) is 5.91 Å². The third-order valence-corrected chi connectivity index (χ3v) is 3.74. The molecule has 1 atom stereocenters. The number of Topliss-reactive ketones (excluding diaryl/α,β-unsaturated/α-hetero) is 1. The first-order valence-electron chi connectivity index (χ1n) is 7.50. The van der Waals surface area contributed by atoms with Gasteiger partial charge in [-0.1, -0.05) is 23.7 Å². The zero-order chi connectivity index (χ0) is 19.3. The van der Waals surface area contributed by atoms with Crippen LogP contribution >= 0.6 is 11.6 Å². The molecule has 2 rings (SSSR count). The maximum atomic E-state index is 13.1. The summed E-state index contributed by atoms with van der Waals surface area (Å²) < 4.78 is 30.8. The molecule has 0 saturated heterocycles. The lowest BCUT2D eigenvalue weighted by Crippen LogP contribution is -2.40. The predicted molar refractivity (Wildman–Crippen MR) is 90.0 cm³/mol. The normalized spacial score (nSPS) is 11.5. The molecule has 1 N–H and O–H groups in total. The van der Waals surface area contributed by atoms with Gasteiger partial charge >= 0.3 is 5.97 Å². The van der Waals surface area contributed by atoms with E-state index in [1.54, 1.807) is 12.1 Å². The zero-order valence-corrected chi connectivity index (χ0v) is 14.3. The van der Waals surface area contributed by atoms with E-state index in [1.807, 2.05) is 0 Å². The topological polar surface area (TPSA) is 72.5 Å². The summed E-state index contributed by atoms with van der Waals surface area (Å²) in [7, 11) is 0. The van der Waals surface area contributed by atoms with E-state index in [-0.39, 0.29) is 16.1 Å². The highest BCUT2D eigenvalue weighted by Gasteiger charge is 2.20. The summed E-state index contributed by atoms with van der Waals surface area (Å²) in [6, 6.07) is 7.84. The largest absolute Gasteiger partial charge is 0.456 e. The Hall–Kier alpha value is -2.80. The third-order valence-electron chi connectivity index (χ3n) is 3.41. The maximum Gasteiger partial charge on any atom is 0.328 e. The van der Waals surface area contributed by atoms with Crippen LogP contribution in [0.5, 0.6) is 0 Å². The number of carbonyl (C=O) groups is 3. The first kappa shape index (κ1) is 19.5. The summed E-state index contributed by atoms with van der Waals surface area (Å²) in [6.45, 7) is 0.704. The molecule has 0 aliphatic carbocycles. The van der Waals surface area contributed by atoms with E-state index < -0.39 is 41.9 Å². The lowest BCUT2D eigenvalue weighted by Gasteiger charge is -2.13. The Morgan fingerprint density at radius 3 is 2.46 bits per heavy atom. The van der Waals surface area contributed by atoms with Gasteiger partial charge in [-0.2, -0.15) is 0 Å². The van der Waals surface area contributed by atoms with Crippen LogP contribution in [0.2, 0.25) is 5.02 Å². The number of halogens is 3. The van der Waals surface area contributed by atoms with Crippen LogP contribution in [0.1, 0.15) is 27.6 Å². The first-order valence-corrected chi connectivity index (χ1v) is 7.87. The fourth-order valence-electron chi connectivity index (χ4n) is 1.99. The molecular formula is C18H14ClF2NO4. The lowest BCUT2D eigenvalue weighted by atomic mass is 10.1. The number of amides is 1. The average molecular weight is 382 g/mol. The average Bonchev–Trinajstić information content (AvgIpc) is 2.61. The predicted octanol–water partition coefficient (Wildman–Crippen LogP) is 3.16. The summed E-state index contributed by atoms with van der Waals surface area (Å²) >= 11 is 5.90. The molecular weight excluding hydrogens is 368 g/mol. The molecule has 2 aromatic rings. The van der Waals surface area contributed by atoms with Gasteiger partial charge in [-0.25, -0.2) is 13.6 Å². The quantitative estimate of drug-likeness (QED) is 0.616. The second kappa shape index (κ2) is 8.53. The van der Waals surface area contributed by atoms with E-state index in [9.17, 15) is 23.2 Å². The molecule has 8 heteroatoms. The van der Waals surface area contributed by atoms with Crippen LogP contribution < -0.4 is 5.32 Å². The van der Waals surface area contributed by atoms with Crippen molar-refractivity contribution in [1.82, 2.24) is 5.32 Å². The molecule has 0 fully saturated rings. The van der Waals surface area contributed by atoms with Crippen molar-refractivity contribution in [1.29, 1.82) is 0 Å². The molecule has 0 heterocycles. The molecule has 0 aliphatic heterocycles. The molecule has 26 heavy (non-hydrogen) atoms. The van der Waals surface area contributed by atoms with Crippen molar-refractivity contribution in [3.05, 3.63) is 70.2 Å². The van der Waals surface area contributed by atoms with Crippen LogP contribution in [0, 0.1) is 11.6 Å². The number of ketones is 1. The van der Waals surface area contributed by atoms with Gasteiger partial charge in [0, 0.05) is 5.56 Å². The lowest BCUT2D eigenvalue weighted by molar-refractivity contribution is -0.144. The summed E-state index contributed by atoms with van der Waals surface area (Å²) in [4.78, 5) is 35.8. The molecule has 0 spiro atoms. The van der Waals surface area contributed by atoms with Gasteiger partial charge in [0.05, 0.1) is 10.6 Å². The number of rotatable bonds is 6. The SMILES string of the molecule is CC(NC(=O)c1ccccc1Cl)C(=O)OCC(=O)c1ccc(F)c(F)c1. The Labute approximate surface area is 152 Å². The van der Waals surface area contributed by atoms with Gasteiger partial charge in [0.1, 0.15) is 6.04 Å². The molecule has 0 bridgehead atoms. The number of esters is 1. The Balaban J connectivity index is 1.90. The molecule has 0 aliphatic rings. The molecule has 1 unspecified atom stereocenters. The Kier molecular flexibility index (Phi) is 6.41. The van der Waals surface area contributed by atoms with Crippen molar-refractivity contribution in [3.63, 3.8) is 0 Å². The van der Waals surface area contributed by atoms with Crippen molar-refractivity contribution in [3.8, 4) is 0 Å². The molecule has 0 radical (unpaired) electrons. The minimum atomic E-state index is -1.18. The smallest absolute Gasteiger partial charge is 0.328 e. The highest BCUT2D eigenvalue weighted by molar-refractivity contribution is 6.33. The highest BCUT2D eigenvalue weighted by atomic mass is 35.5. The van der Waals surface area contributed by atoms with E-state index in [0.29, 0.717) is 6.07 Å². The van der Waals surface area contributed by atoms with Gasteiger partial charge in [0.15, 0.2) is 24.0 Å². The minimum Gasteiger partial charge on any atom is -0.456 e. The molecule has 1 amide bonds. The van der Waals surface area contributed by atoms with Crippen molar-refractivity contribution in [2.45, 2.75) is 13.0 Å². The second-order valence-corrected chi connectivity index (χ2v) is 5.74. The van der Waals surface area contributed by atoms with Crippen LogP contribution in [0.3, 0.4) is 0 Å². The van der Waals surface area contributed by atoms with Crippen molar-refractivity contribution < 1.29 is 27.9 Å². The minimum absolute atomic E-state index is 0.135. The number of ether oxygens (including phenoxy) is 1. The summed E-state index contributed by atoms with van der Waals surface area (Å²) in [6.07, 6.45) is 0. The van der Waals surface area contributed by atoms with E-state index >= 15 is 0 Å². The maximum absolute atomic E-state index is 13.1. The van der Waals surface area contributed by atoms with Crippen molar-refractivity contribution in [2.75, 3.05) is 6.61 Å². The number of benzene rings is 2. The standard InChI is InChI=1S/C18H14ClF2NO4/c1-10(22-17(24)12-4-2-3-5-13(12)19)18(25)26-9-16(23)11-6-7-14(20)15(21)8-11/h2-8,10H,9H2,1H3,(H,22,24). The number of hydrogen-bond acceptors (Lipinski definition) is 4. The summed E-state index contributed by atoms with van der Waals surface area (Å²) in [5.74, 6) is -4.41. The fourth-order valence-corrected chi connectivity index (χ4v) is 2.21. The number of nitrogens with one attached hydrogen (secondary N) is 1. The van der Waals surface area contributed by atoms with E-state index in [0.717, 1.165) is 12.1 Å².